The Morgan fingerprint density at radius 1 is 1.00 bits per heavy atom. The molecule has 4 heterocycles. The van der Waals surface area contributed by atoms with Gasteiger partial charge in [-0.1, -0.05) is 12.1 Å². The zero-order valence-electron chi connectivity index (χ0n) is 16.2. The molecule has 4 aromatic heterocycles. The summed E-state index contributed by atoms with van der Waals surface area (Å²) in [5.74, 6) is -0.128. The number of aromatic nitrogens is 6. The van der Waals surface area contributed by atoms with Gasteiger partial charge in [-0.2, -0.15) is 0 Å². The molecule has 0 spiro atoms. The van der Waals surface area contributed by atoms with E-state index in [-0.39, 0.29) is 18.3 Å². The molecule has 152 valence electrons. The Hall–Kier alpha value is -4.40. The number of carbonyl (C=O) groups is 1. The van der Waals surface area contributed by atoms with Crippen LogP contribution in [0.4, 0.5) is 10.2 Å². The number of nitrogens with zero attached hydrogens (tertiary/aromatic N) is 5. The van der Waals surface area contributed by atoms with Gasteiger partial charge in [-0.25, -0.2) is 19.3 Å². The molecule has 0 radical (unpaired) electrons. The third-order valence-corrected chi connectivity index (χ3v) is 4.76. The molecule has 31 heavy (non-hydrogen) atoms. The van der Waals surface area contributed by atoms with Crippen LogP contribution in [0.25, 0.3) is 33.5 Å². The third-order valence-electron chi connectivity index (χ3n) is 4.76. The molecule has 0 aliphatic carbocycles. The van der Waals surface area contributed by atoms with Crippen LogP contribution in [0.1, 0.15) is 0 Å². The number of anilines is 1. The summed E-state index contributed by atoms with van der Waals surface area (Å²) in [6.45, 7) is 0.132. The number of fused-ring (bicyclic) bond motifs is 1. The highest BCUT2D eigenvalue weighted by Crippen LogP contribution is 2.37. The lowest BCUT2D eigenvalue weighted by Crippen LogP contribution is -2.18. The van der Waals surface area contributed by atoms with Crippen LogP contribution in [0.15, 0.2) is 73.7 Å². The van der Waals surface area contributed by atoms with E-state index in [1.807, 2.05) is 6.07 Å². The largest absolute Gasteiger partial charge is 0.337 e. The molecular formula is C22H16FN7O. The lowest BCUT2D eigenvalue weighted by atomic mass is 10.0. The summed E-state index contributed by atoms with van der Waals surface area (Å²) in [4.78, 5) is 32.6. The Bertz CT molecular complexity index is 1360. The lowest BCUT2D eigenvalue weighted by Gasteiger charge is -2.08. The van der Waals surface area contributed by atoms with Crippen molar-refractivity contribution in [3.8, 4) is 22.4 Å². The van der Waals surface area contributed by atoms with Gasteiger partial charge >= 0.3 is 0 Å². The van der Waals surface area contributed by atoms with Crippen molar-refractivity contribution in [3.05, 3.63) is 79.5 Å². The number of amides is 1. The highest BCUT2D eigenvalue weighted by atomic mass is 19.1. The van der Waals surface area contributed by atoms with Gasteiger partial charge in [-0.15, -0.1) is 0 Å². The molecule has 5 rings (SSSR count). The van der Waals surface area contributed by atoms with Crippen molar-refractivity contribution in [1.29, 1.82) is 0 Å². The van der Waals surface area contributed by atoms with E-state index >= 15 is 0 Å². The number of halogens is 1. The van der Waals surface area contributed by atoms with Crippen LogP contribution < -0.4 is 5.32 Å². The van der Waals surface area contributed by atoms with Gasteiger partial charge in [0, 0.05) is 42.1 Å². The molecule has 0 aliphatic rings. The maximum absolute atomic E-state index is 13.5. The molecule has 0 saturated carbocycles. The van der Waals surface area contributed by atoms with E-state index in [0.29, 0.717) is 17.0 Å². The zero-order valence-corrected chi connectivity index (χ0v) is 16.2. The number of imidazole rings is 1. The van der Waals surface area contributed by atoms with Crippen molar-refractivity contribution < 1.29 is 9.18 Å². The molecule has 2 N–H and O–H groups in total. The molecule has 0 bridgehead atoms. The first-order chi connectivity index (χ1) is 15.2. The third kappa shape index (κ3) is 3.76. The van der Waals surface area contributed by atoms with Gasteiger partial charge in [0.05, 0.1) is 12.0 Å². The fourth-order valence-electron chi connectivity index (χ4n) is 3.41. The van der Waals surface area contributed by atoms with Gasteiger partial charge in [0.25, 0.3) is 0 Å². The molecule has 0 saturated heterocycles. The molecule has 0 unspecified atom stereocenters. The number of carbonyl (C=O) groups excluding carboxylic acids is 1. The van der Waals surface area contributed by atoms with Gasteiger partial charge in [-0.05, 0) is 29.8 Å². The predicted molar refractivity (Wildman–Crippen MR) is 113 cm³/mol. The number of nitrogens with one attached hydrogen (secondary N) is 2. The van der Waals surface area contributed by atoms with Gasteiger partial charge in [0.1, 0.15) is 23.7 Å². The lowest BCUT2D eigenvalue weighted by molar-refractivity contribution is -0.116. The fraction of sp³-hybridized carbons (Fsp3) is 0.0455. The highest BCUT2D eigenvalue weighted by molar-refractivity contribution is 6.00. The van der Waals surface area contributed by atoms with E-state index in [2.05, 4.69) is 30.2 Å². The Morgan fingerprint density at radius 3 is 2.65 bits per heavy atom. The normalized spacial score (nSPS) is 11.0. The minimum absolute atomic E-state index is 0.132. The van der Waals surface area contributed by atoms with E-state index in [0.717, 1.165) is 22.4 Å². The highest BCUT2D eigenvalue weighted by Gasteiger charge is 2.18. The number of hydrogen-bond donors (Lipinski definition) is 2. The number of pyridine rings is 1. The van der Waals surface area contributed by atoms with E-state index in [1.165, 1.54) is 12.1 Å². The first-order valence-electron chi connectivity index (χ1n) is 9.48. The summed E-state index contributed by atoms with van der Waals surface area (Å²) in [6, 6.07) is 9.80. The van der Waals surface area contributed by atoms with Gasteiger partial charge < -0.3 is 14.9 Å². The molecule has 0 fully saturated rings. The van der Waals surface area contributed by atoms with Crippen molar-refractivity contribution in [2.75, 3.05) is 5.32 Å². The minimum atomic E-state index is -0.317. The molecule has 5 aromatic rings. The molecule has 0 atom stereocenters. The second-order valence-electron chi connectivity index (χ2n) is 6.85. The van der Waals surface area contributed by atoms with Crippen molar-refractivity contribution in [3.63, 3.8) is 0 Å². The zero-order chi connectivity index (χ0) is 21.2. The number of hydrogen-bond acceptors (Lipinski definition) is 5. The van der Waals surface area contributed by atoms with Crippen molar-refractivity contribution in [2.45, 2.75) is 6.54 Å². The molecule has 8 nitrogen and oxygen atoms in total. The van der Waals surface area contributed by atoms with Crippen LogP contribution in [0.2, 0.25) is 0 Å². The molecule has 1 aromatic carbocycles. The summed E-state index contributed by atoms with van der Waals surface area (Å²) < 4.78 is 15.2. The van der Waals surface area contributed by atoms with E-state index in [1.54, 1.807) is 60.1 Å². The average molecular weight is 413 g/mol. The first kappa shape index (κ1) is 18.6. The Labute approximate surface area is 175 Å². The fourth-order valence-corrected chi connectivity index (χ4v) is 3.41. The van der Waals surface area contributed by atoms with E-state index in [4.69, 9.17) is 0 Å². The summed E-state index contributed by atoms with van der Waals surface area (Å²) in [7, 11) is 0. The maximum Gasteiger partial charge on any atom is 0.245 e. The van der Waals surface area contributed by atoms with E-state index in [9.17, 15) is 9.18 Å². The summed E-state index contributed by atoms with van der Waals surface area (Å²) in [5, 5.41) is 2.80. The summed E-state index contributed by atoms with van der Waals surface area (Å²) in [5.41, 5.74) is 4.41. The standard InChI is InChI=1S/C22H16FN7O/c23-16-3-1-14(2-4-16)19-20(29-22-21(19)26-7-8-27-22)15-5-6-25-17(11-15)28-18(31)12-30-10-9-24-13-30/h1-11,13H,12H2,(H,27,29)(H,25,28,31). The Kier molecular flexibility index (Phi) is 4.68. The van der Waals surface area contributed by atoms with Crippen LogP contribution in [0, 0.1) is 5.82 Å². The van der Waals surface area contributed by atoms with Crippen LogP contribution in [0.3, 0.4) is 0 Å². The topological polar surface area (TPSA) is 101 Å². The SMILES string of the molecule is O=C(Cn1ccnc1)Nc1cc(-c2[nH]c3nccnc3c2-c2ccc(F)cc2)ccn1. The minimum Gasteiger partial charge on any atom is -0.337 e. The smallest absolute Gasteiger partial charge is 0.245 e. The van der Waals surface area contributed by atoms with Crippen LogP contribution >= 0.6 is 0 Å². The molecular weight excluding hydrogens is 397 g/mol. The van der Waals surface area contributed by atoms with Crippen molar-refractivity contribution >= 4 is 22.9 Å². The summed E-state index contributed by atoms with van der Waals surface area (Å²) >= 11 is 0. The summed E-state index contributed by atoms with van der Waals surface area (Å²) in [6.07, 6.45) is 9.72. The van der Waals surface area contributed by atoms with Crippen LogP contribution in [-0.2, 0) is 11.3 Å². The monoisotopic (exact) mass is 413 g/mol. The van der Waals surface area contributed by atoms with Crippen molar-refractivity contribution in [2.24, 2.45) is 0 Å². The van der Waals surface area contributed by atoms with Gasteiger partial charge in [0.15, 0.2) is 5.65 Å². The van der Waals surface area contributed by atoms with Crippen LogP contribution in [-0.4, -0.2) is 35.4 Å². The Morgan fingerprint density at radius 2 is 1.84 bits per heavy atom. The van der Waals surface area contributed by atoms with Crippen LogP contribution in [0.5, 0.6) is 0 Å². The van der Waals surface area contributed by atoms with Crippen molar-refractivity contribution in [1.82, 2.24) is 29.5 Å². The second-order valence-corrected chi connectivity index (χ2v) is 6.85. The maximum atomic E-state index is 13.5. The number of benzene rings is 1. The Balaban J connectivity index is 1.54. The van der Waals surface area contributed by atoms with E-state index < -0.39 is 0 Å². The quantitative estimate of drug-likeness (QED) is 0.458. The predicted octanol–water partition coefficient (Wildman–Crippen LogP) is 3.66. The second kappa shape index (κ2) is 7.79. The molecule has 0 aliphatic heterocycles. The first-order valence-corrected chi connectivity index (χ1v) is 9.48. The number of aromatic amines is 1. The number of H-pyrrole nitrogens is 1. The number of rotatable bonds is 5. The average Bonchev–Trinajstić information content (AvgIpc) is 3.42. The molecule has 9 heteroatoms. The molecule has 1 amide bonds. The van der Waals surface area contributed by atoms with Gasteiger partial charge in [0.2, 0.25) is 5.91 Å². The van der Waals surface area contributed by atoms with Gasteiger partial charge in [-0.3, -0.25) is 9.78 Å².